The Bertz CT molecular complexity index is 2190. The molecule has 16 heteroatoms. The number of aromatic nitrogens is 4. The Kier molecular flexibility index (Phi) is 10.6. The maximum Gasteiger partial charge on any atom is 0.407 e. The Morgan fingerprint density at radius 3 is 1.50 bits per heavy atom. The van der Waals surface area contributed by atoms with E-state index >= 15 is 0 Å². The molecule has 0 aliphatic carbocycles. The minimum absolute atomic E-state index is 0.0141. The minimum atomic E-state index is -0.880. The van der Waals surface area contributed by atoms with E-state index in [1.165, 1.54) is 25.3 Å². The first-order valence-electron chi connectivity index (χ1n) is 20.5. The number of ether oxygens (including phenoxy) is 2. The summed E-state index contributed by atoms with van der Waals surface area (Å²) in [7, 11) is 2.57. The molecular formula is C44H48N10O6. The van der Waals surface area contributed by atoms with Gasteiger partial charge in [0.2, 0.25) is 0 Å². The summed E-state index contributed by atoms with van der Waals surface area (Å²) in [5.41, 5.74) is 7.80. The fourth-order valence-corrected chi connectivity index (χ4v) is 9.17. The van der Waals surface area contributed by atoms with Gasteiger partial charge in [0.25, 0.3) is 11.8 Å². The van der Waals surface area contributed by atoms with Crippen molar-refractivity contribution in [2.45, 2.75) is 74.8 Å². The third kappa shape index (κ3) is 7.48. The lowest BCUT2D eigenvalue weighted by Crippen LogP contribution is -2.42. The molecule has 4 amide bonds. The van der Waals surface area contributed by atoms with Crippen molar-refractivity contribution in [1.82, 2.24) is 40.4 Å². The van der Waals surface area contributed by atoms with Gasteiger partial charge in [-0.2, -0.15) is 0 Å². The third-order valence-electron chi connectivity index (χ3n) is 12.2. The van der Waals surface area contributed by atoms with Crippen LogP contribution in [-0.4, -0.2) is 81.0 Å². The number of carbonyl (C=O) groups excluding carboxylic acids is 4. The first-order chi connectivity index (χ1) is 29.3. The lowest BCUT2D eigenvalue weighted by Gasteiger charge is -2.28. The molecule has 3 aromatic carbocycles. The third-order valence-corrected chi connectivity index (χ3v) is 12.2. The molecule has 60 heavy (non-hydrogen) atoms. The summed E-state index contributed by atoms with van der Waals surface area (Å²) in [6, 6.07) is 20.5. The number of hydrogen-bond donors (Lipinski definition) is 6. The monoisotopic (exact) mass is 812 g/mol. The van der Waals surface area contributed by atoms with Gasteiger partial charge >= 0.3 is 12.2 Å². The van der Waals surface area contributed by atoms with Crippen molar-refractivity contribution in [1.29, 1.82) is 0 Å². The SMILES string of the molecule is COC(=O)NC(C(=O)N1CCCC1c1ncc(C2Cc3cc4c(cc3N2)NC(c2cnc(C3CCCN3C(=O)C(NC(=O)OC)c3ccccc3)[nH]2)C4)[nH]1)c1ccccc1. The Balaban J connectivity index is 0.848. The number of benzene rings is 3. The molecular weight excluding hydrogens is 765 g/mol. The number of H-pyrrole nitrogens is 2. The van der Waals surface area contributed by atoms with Crippen LogP contribution >= 0.6 is 0 Å². The quantitative estimate of drug-likeness (QED) is 0.0962. The number of nitrogens with zero attached hydrogens (tertiary/aromatic N) is 4. The molecule has 0 radical (unpaired) electrons. The second kappa shape index (κ2) is 16.4. The van der Waals surface area contributed by atoms with Crippen LogP contribution in [-0.2, 0) is 31.9 Å². The molecule has 4 aliphatic heterocycles. The predicted molar refractivity (Wildman–Crippen MR) is 221 cm³/mol. The van der Waals surface area contributed by atoms with Crippen molar-refractivity contribution in [3.05, 3.63) is 130 Å². The molecule has 0 saturated carbocycles. The number of imidazole rings is 2. The average molecular weight is 813 g/mol. The summed E-state index contributed by atoms with van der Waals surface area (Å²) in [4.78, 5) is 72.7. The van der Waals surface area contributed by atoms with Crippen LogP contribution < -0.4 is 21.3 Å². The van der Waals surface area contributed by atoms with Gasteiger partial charge in [-0.1, -0.05) is 66.7 Å². The molecule has 9 rings (SSSR count). The van der Waals surface area contributed by atoms with E-state index in [1.807, 2.05) is 73.1 Å². The molecule has 2 fully saturated rings. The van der Waals surface area contributed by atoms with E-state index in [2.05, 4.69) is 43.4 Å². The fourth-order valence-electron chi connectivity index (χ4n) is 9.17. The molecule has 5 aromatic rings. The summed E-state index contributed by atoms with van der Waals surface area (Å²) in [6.45, 7) is 1.12. The van der Waals surface area contributed by atoms with E-state index in [0.29, 0.717) is 24.2 Å². The molecule has 6 atom stereocenters. The number of anilines is 2. The number of hydrogen-bond acceptors (Lipinski definition) is 10. The summed E-state index contributed by atoms with van der Waals surface area (Å²) in [5, 5.41) is 12.8. The first kappa shape index (κ1) is 38.7. The maximum absolute atomic E-state index is 14.0. The van der Waals surface area contributed by atoms with Crippen molar-refractivity contribution < 1.29 is 28.7 Å². The van der Waals surface area contributed by atoms with E-state index in [9.17, 15) is 19.2 Å². The van der Waals surface area contributed by atoms with Crippen molar-refractivity contribution in [3.8, 4) is 0 Å². The number of alkyl carbamates (subject to hydrolysis) is 2. The number of aromatic amines is 2. The Morgan fingerprint density at radius 2 is 1.08 bits per heavy atom. The highest BCUT2D eigenvalue weighted by atomic mass is 16.5. The number of methoxy groups -OCH3 is 2. The van der Waals surface area contributed by atoms with Crippen molar-refractivity contribution in [2.75, 3.05) is 37.9 Å². The number of nitrogens with one attached hydrogen (secondary N) is 6. The Labute approximate surface area is 346 Å². The predicted octanol–water partition coefficient (Wildman–Crippen LogP) is 6.07. The van der Waals surface area contributed by atoms with Gasteiger partial charge in [-0.05, 0) is 54.0 Å². The number of amides is 4. The van der Waals surface area contributed by atoms with Crippen LogP contribution in [0.2, 0.25) is 0 Å². The van der Waals surface area contributed by atoms with Crippen molar-refractivity contribution in [2.24, 2.45) is 0 Å². The summed E-state index contributed by atoms with van der Waals surface area (Å²) >= 11 is 0. The number of carbonyl (C=O) groups is 4. The zero-order valence-corrected chi connectivity index (χ0v) is 33.4. The molecule has 310 valence electrons. The van der Waals surface area contributed by atoms with Crippen LogP contribution in [0.1, 0.15) is 107 Å². The number of likely N-dealkylation sites (tertiary alicyclic amines) is 2. The normalized spacial score (nSPS) is 21.3. The van der Waals surface area contributed by atoms with Gasteiger partial charge in [0.05, 0.1) is 62.2 Å². The number of rotatable bonds is 10. The summed E-state index contributed by atoms with van der Waals surface area (Å²) < 4.78 is 9.69. The average Bonchev–Trinajstić information content (AvgIpc) is 4.14. The van der Waals surface area contributed by atoms with E-state index < -0.39 is 24.3 Å². The highest BCUT2D eigenvalue weighted by Gasteiger charge is 2.39. The highest BCUT2D eigenvalue weighted by Crippen LogP contribution is 2.43. The minimum Gasteiger partial charge on any atom is -0.453 e. The van der Waals surface area contributed by atoms with Gasteiger partial charge in [-0.3, -0.25) is 9.59 Å². The van der Waals surface area contributed by atoms with Gasteiger partial charge in [0.15, 0.2) is 0 Å². The molecule has 4 aliphatic rings. The molecule has 16 nitrogen and oxygen atoms in total. The highest BCUT2D eigenvalue weighted by molar-refractivity contribution is 5.88. The molecule has 2 saturated heterocycles. The number of fused-ring (bicyclic) bond motifs is 2. The smallest absolute Gasteiger partial charge is 0.407 e. The topological polar surface area (TPSA) is 199 Å². The van der Waals surface area contributed by atoms with Gasteiger partial charge in [0.1, 0.15) is 23.7 Å². The standard InChI is InChI=1S/C44H48N10O6/c1-59-43(57)51-37(25-11-5-3-6-12-25)41(55)53-17-9-15-35(53)39-45-23-33(49-39)31-20-27-19-28-21-32(48-30(28)22-29(27)47-31)34-24-46-40(50-34)36-16-10-18-54(36)42(56)38(52-44(58)60-2)26-13-7-4-8-14-26/h3-8,11-14,19,22-24,31-32,35-38,47-48H,9-10,15-18,20-21H2,1-2H3,(H,45,49)(H,46,50)(H,51,57)(H,52,58). The van der Waals surface area contributed by atoms with Crippen LogP contribution in [0.15, 0.2) is 85.2 Å². The van der Waals surface area contributed by atoms with Crippen LogP contribution in [0.3, 0.4) is 0 Å². The molecule has 6 unspecified atom stereocenters. The summed E-state index contributed by atoms with van der Waals surface area (Å²) in [6.07, 6.45) is 7.09. The lowest BCUT2D eigenvalue weighted by atomic mass is 10.0. The van der Waals surface area contributed by atoms with E-state index in [0.717, 1.165) is 72.9 Å². The second-order valence-corrected chi connectivity index (χ2v) is 15.8. The van der Waals surface area contributed by atoms with E-state index in [-0.39, 0.29) is 36.0 Å². The Morgan fingerprint density at radius 1 is 0.650 bits per heavy atom. The van der Waals surface area contributed by atoms with Gasteiger partial charge in [0, 0.05) is 37.3 Å². The van der Waals surface area contributed by atoms with Crippen LogP contribution in [0.5, 0.6) is 0 Å². The first-order valence-corrected chi connectivity index (χ1v) is 20.5. The van der Waals surface area contributed by atoms with E-state index in [4.69, 9.17) is 19.4 Å². The van der Waals surface area contributed by atoms with Gasteiger partial charge in [-0.25, -0.2) is 19.6 Å². The molecule has 2 aromatic heterocycles. The van der Waals surface area contributed by atoms with Gasteiger partial charge < -0.3 is 50.5 Å². The van der Waals surface area contributed by atoms with Crippen molar-refractivity contribution in [3.63, 3.8) is 0 Å². The molecule has 6 heterocycles. The fraction of sp³-hybridized carbons (Fsp3) is 0.364. The van der Waals surface area contributed by atoms with Crippen LogP contribution in [0.4, 0.5) is 21.0 Å². The largest absolute Gasteiger partial charge is 0.453 e. The molecule has 6 N–H and O–H groups in total. The lowest BCUT2D eigenvalue weighted by molar-refractivity contribution is -0.135. The zero-order valence-electron chi connectivity index (χ0n) is 33.4. The zero-order chi connectivity index (χ0) is 41.3. The summed E-state index contributed by atoms with van der Waals surface area (Å²) in [5.74, 6) is 1.04. The second-order valence-electron chi connectivity index (χ2n) is 15.8. The van der Waals surface area contributed by atoms with Crippen LogP contribution in [0, 0.1) is 0 Å². The van der Waals surface area contributed by atoms with Crippen molar-refractivity contribution >= 4 is 35.4 Å². The van der Waals surface area contributed by atoms with Gasteiger partial charge in [-0.15, -0.1) is 0 Å². The molecule has 0 spiro atoms. The van der Waals surface area contributed by atoms with E-state index in [1.54, 1.807) is 9.80 Å². The maximum atomic E-state index is 14.0. The van der Waals surface area contributed by atoms with Crippen LogP contribution in [0.25, 0.3) is 0 Å². The molecule has 0 bridgehead atoms. The Hall–Kier alpha value is -6.84.